The molecule has 1 aromatic heterocycles. The zero-order valence-corrected chi connectivity index (χ0v) is 27.3. The van der Waals surface area contributed by atoms with Gasteiger partial charge in [0.1, 0.15) is 11.9 Å². The number of pyridine rings is 1. The van der Waals surface area contributed by atoms with Crippen molar-refractivity contribution in [1.82, 2.24) is 4.98 Å². The molecule has 1 aromatic carbocycles. The van der Waals surface area contributed by atoms with Crippen LogP contribution >= 0.6 is 0 Å². The maximum absolute atomic E-state index is 14.8. The number of nitrogens with zero attached hydrogens (tertiary/aromatic N) is 1. The van der Waals surface area contributed by atoms with Gasteiger partial charge >= 0.3 is 6.18 Å². The molecule has 0 saturated carbocycles. The Kier molecular flexibility index (Phi) is 8.95. The van der Waals surface area contributed by atoms with Gasteiger partial charge in [-0.25, -0.2) is 4.39 Å². The van der Waals surface area contributed by atoms with E-state index in [1.807, 2.05) is 19.9 Å². The van der Waals surface area contributed by atoms with Gasteiger partial charge in [-0.05, 0) is 77.6 Å². The Bertz CT molecular complexity index is 1360. The zero-order chi connectivity index (χ0) is 31.4. The van der Waals surface area contributed by atoms with E-state index in [0.29, 0.717) is 37.0 Å². The highest BCUT2D eigenvalue weighted by molar-refractivity contribution is 6.74. The molecule has 2 aliphatic rings. The topological polar surface area (TPSA) is 51.6 Å². The third-order valence-electron chi connectivity index (χ3n) is 9.05. The first-order valence-corrected chi connectivity index (χ1v) is 17.7. The monoisotopic (exact) mass is 607 g/mol. The number of fused-ring (bicyclic) bond motifs is 1. The van der Waals surface area contributed by atoms with Gasteiger partial charge in [0.15, 0.2) is 8.32 Å². The fraction of sp³-hybridized carbons (Fsp3) is 0.606. The third-order valence-corrected chi connectivity index (χ3v) is 13.5. The molecule has 0 spiro atoms. The van der Waals surface area contributed by atoms with Gasteiger partial charge in [0.2, 0.25) is 0 Å². The highest BCUT2D eigenvalue weighted by Gasteiger charge is 2.45. The molecule has 0 unspecified atom stereocenters. The lowest BCUT2D eigenvalue weighted by atomic mass is 9.71. The first kappa shape index (κ1) is 32.8. The number of alkyl halides is 3. The second kappa shape index (κ2) is 11.5. The minimum atomic E-state index is -4.83. The van der Waals surface area contributed by atoms with Gasteiger partial charge in [-0.2, -0.15) is 13.2 Å². The van der Waals surface area contributed by atoms with E-state index in [-0.39, 0.29) is 28.0 Å². The van der Waals surface area contributed by atoms with Crippen LogP contribution in [0.5, 0.6) is 0 Å². The van der Waals surface area contributed by atoms with E-state index < -0.39 is 32.0 Å². The molecular formula is C33H45F4NO3Si. The predicted molar refractivity (Wildman–Crippen MR) is 160 cm³/mol. The number of aromatic nitrogens is 1. The number of benzene rings is 1. The van der Waals surface area contributed by atoms with Crippen LogP contribution in [-0.2, 0) is 21.8 Å². The van der Waals surface area contributed by atoms with Crippen molar-refractivity contribution in [3.8, 4) is 0 Å². The highest BCUT2D eigenvalue weighted by atomic mass is 28.4. The Morgan fingerprint density at radius 2 is 1.81 bits per heavy atom. The number of aliphatic hydroxyl groups is 1. The summed E-state index contributed by atoms with van der Waals surface area (Å²) in [6.45, 7) is 20.4. The molecule has 0 fully saturated rings. The van der Waals surface area contributed by atoms with Crippen LogP contribution in [0.1, 0.15) is 119 Å². The Labute approximate surface area is 248 Å². The lowest BCUT2D eigenvalue weighted by Gasteiger charge is -2.45. The highest BCUT2D eigenvalue weighted by Crippen LogP contribution is 2.51. The Morgan fingerprint density at radius 1 is 1.14 bits per heavy atom. The van der Waals surface area contributed by atoms with Crippen molar-refractivity contribution in [1.29, 1.82) is 0 Å². The maximum atomic E-state index is 14.8. The number of hydrogen-bond donors (Lipinski definition) is 1. The summed E-state index contributed by atoms with van der Waals surface area (Å²) in [5.41, 5.74) is 3.48. The summed E-state index contributed by atoms with van der Waals surface area (Å²) >= 11 is 0. The van der Waals surface area contributed by atoms with Crippen LogP contribution in [0.15, 0.2) is 24.3 Å². The lowest BCUT2D eigenvalue weighted by Crippen LogP contribution is -2.44. The number of rotatable bonds is 6. The molecule has 0 saturated heterocycles. The summed E-state index contributed by atoms with van der Waals surface area (Å²) in [4.78, 5) is 5.18. The molecule has 4 rings (SSSR count). The molecule has 1 N–H and O–H groups in total. The minimum Gasteiger partial charge on any atom is -0.410 e. The van der Waals surface area contributed by atoms with Crippen molar-refractivity contribution in [2.45, 2.75) is 110 Å². The summed E-state index contributed by atoms with van der Waals surface area (Å²) in [5.74, 6) is -1.52. The van der Waals surface area contributed by atoms with E-state index in [4.69, 9.17) is 14.1 Å². The second-order valence-electron chi connectivity index (χ2n) is 14.4. The molecule has 0 bridgehead atoms. The van der Waals surface area contributed by atoms with E-state index in [2.05, 4.69) is 47.7 Å². The lowest BCUT2D eigenvalue weighted by molar-refractivity contribution is -0.140. The van der Waals surface area contributed by atoms with Crippen LogP contribution < -0.4 is 0 Å². The Morgan fingerprint density at radius 3 is 2.33 bits per heavy atom. The number of ether oxygens (including phenoxy) is 1. The van der Waals surface area contributed by atoms with Crippen molar-refractivity contribution < 1.29 is 31.8 Å². The standard InChI is InChI=1S/C33H45F4NO3Si/c1-19(2)29-28(30(39)21-10-11-22(23(34)16-21)33(35,36)37)26(20-12-14-40-15-13-20)27-24(38-29)17-32(6,7)18-25(27)41-42(8,9)31(3,4)5/h10-12,16,19,25,30,39H,13-15,17-18H2,1-9H3/t25-,30+/m0/s1. The van der Waals surface area contributed by atoms with E-state index in [1.54, 1.807) is 0 Å². The van der Waals surface area contributed by atoms with Crippen molar-refractivity contribution in [2.75, 3.05) is 13.2 Å². The molecule has 2 heterocycles. The van der Waals surface area contributed by atoms with Crippen LogP contribution in [0.25, 0.3) is 5.57 Å². The van der Waals surface area contributed by atoms with Gasteiger partial charge in [0.25, 0.3) is 0 Å². The molecule has 232 valence electrons. The average Bonchev–Trinajstić information content (AvgIpc) is 2.85. The molecule has 2 aromatic rings. The summed E-state index contributed by atoms with van der Waals surface area (Å²) in [6, 6.07) is 2.66. The normalized spacial score (nSPS) is 20.4. The van der Waals surface area contributed by atoms with Crippen LogP contribution in [-0.4, -0.2) is 31.6 Å². The summed E-state index contributed by atoms with van der Waals surface area (Å²) in [5, 5.41) is 11.9. The largest absolute Gasteiger partial charge is 0.419 e. The fourth-order valence-electron chi connectivity index (χ4n) is 5.84. The van der Waals surface area contributed by atoms with Crippen LogP contribution in [0.4, 0.5) is 17.6 Å². The van der Waals surface area contributed by atoms with Gasteiger partial charge in [0.05, 0.1) is 24.9 Å². The van der Waals surface area contributed by atoms with Crippen LogP contribution in [0.2, 0.25) is 18.1 Å². The molecule has 0 radical (unpaired) electrons. The number of hydrogen-bond acceptors (Lipinski definition) is 4. The molecule has 2 atom stereocenters. The fourth-order valence-corrected chi connectivity index (χ4v) is 7.11. The van der Waals surface area contributed by atoms with Crippen molar-refractivity contribution in [3.63, 3.8) is 0 Å². The summed E-state index contributed by atoms with van der Waals surface area (Å²) in [6.07, 6.45) is -2.41. The molecular weight excluding hydrogens is 562 g/mol. The molecule has 1 aliphatic carbocycles. The van der Waals surface area contributed by atoms with E-state index in [9.17, 15) is 22.7 Å². The first-order valence-electron chi connectivity index (χ1n) is 14.8. The zero-order valence-electron chi connectivity index (χ0n) is 26.3. The van der Waals surface area contributed by atoms with Gasteiger partial charge in [-0.1, -0.05) is 60.6 Å². The predicted octanol–water partition coefficient (Wildman–Crippen LogP) is 9.28. The number of halogens is 4. The molecule has 4 nitrogen and oxygen atoms in total. The van der Waals surface area contributed by atoms with Crippen LogP contribution in [0, 0.1) is 11.2 Å². The van der Waals surface area contributed by atoms with E-state index >= 15 is 0 Å². The van der Waals surface area contributed by atoms with Crippen molar-refractivity contribution in [3.05, 3.63) is 69.3 Å². The third kappa shape index (κ3) is 6.54. The average molecular weight is 608 g/mol. The second-order valence-corrected chi connectivity index (χ2v) is 19.2. The van der Waals surface area contributed by atoms with Gasteiger partial charge in [-0.15, -0.1) is 0 Å². The van der Waals surface area contributed by atoms with Gasteiger partial charge in [-0.3, -0.25) is 4.98 Å². The Balaban J connectivity index is 2.03. The van der Waals surface area contributed by atoms with Crippen molar-refractivity contribution in [2.24, 2.45) is 5.41 Å². The maximum Gasteiger partial charge on any atom is 0.419 e. The van der Waals surface area contributed by atoms with Gasteiger partial charge in [0, 0.05) is 22.5 Å². The quantitative estimate of drug-likeness (QED) is 0.263. The van der Waals surface area contributed by atoms with Gasteiger partial charge < -0.3 is 14.3 Å². The molecule has 0 amide bonds. The minimum absolute atomic E-state index is 0.0434. The molecule has 9 heteroatoms. The van der Waals surface area contributed by atoms with E-state index in [1.165, 1.54) is 0 Å². The van der Waals surface area contributed by atoms with Crippen LogP contribution in [0.3, 0.4) is 0 Å². The van der Waals surface area contributed by atoms with E-state index in [0.717, 1.165) is 47.4 Å². The molecule has 42 heavy (non-hydrogen) atoms. The smallest absolute Gasteiger partial charge is 0.410 e. The summed E-state index contributed by atoms with van der Waals surface area (Å²) < 4.78 is 67.6. The molecule has 1 aliphatic heterocycles. The van der Waals surface area contributed by atoms with Crippen molar-refractivity contribution >= 4 is 13.9 Å². The summed E-state index contributed by atoms with van der Waals surface area (Å²) in [7, 11) is -2.26. The SMILES string of the molecule is CC(C)c1nc2c(c(C3=CCOCC3)c1[C@H](O)c1ccc(C(F)(F)F)c(F)c1)[C@@H](O[Si](C)(C)C(C)(C)C)CC(C)(C)C2. The number of aliphatic hydroxyl groups excluding tert-OH is 1. The Hall–Kier alpha value is -2.07. The first-order chi connectivity index (χ1) is 19.2.